The summed E-state index contributed by atoms with van der Waals surface area (Å²) in [6, 6.07) is 7.43. The van der Waals surface area contributed by atoms with Gasteiger partial charge in [0.05, 0.1) is 23.1 Å². The first-order valence-corrected chi connectivity index (χ1v) is 10.4. The molecular formula is C22H21N9O. The molecule has 10 nitrogen and oxygen atoms in total. The summed E-state index contributed by atoms with van der Waals surface area (Å²) in [5.74, 6) is 0.704. The minimum absolute atomic E-state index is 0.0941. The molecule has 0 unspecified atom stereocenters. The molecule has 0 radical (unpaired) electrons. The van der Waals surface area contributed by atoms with E-state index in [0.29, 0.717) is 22.7 Å². The van der Waals surface area contributed by atoms with Crippen molar-refractivity contribution in [3.8, 4) is 28.5 Å². The Morgan fingerprint density at radius 2 is 1.88 bits per heavy atom. The largest absolute Gasteiger partial charge is 0.506 e. The minimum atomic E-state index is 0.0941. The van der Waals surface area contributed by atoms with Crippen molar-refractivity contribution in [2.24, 2.45) is 0 Å². The van der Waals surface area contributed by atoms with Crippen LogP contribution in [0.5, 0.6) is 5.75 Å². The number of rotatable bonds is 3. The van der Waals surface area contributed by atoms with Gasteiger partial charge in [0.25, 0.3) is 0 Å². The van der Waals surface area contributed by atoms with Gasteiger partial charge < -0.3 is 19.9 Å². The van der Waals surface area contributed by atoms with Crippen molar-refractivity contribution in [1.82, 2.24) is 40.0 Å². The summed E-state index contributed by atoms with van der Waals surface area (Å²) < 4.78 is 0. The third-order valence-electron chi connectivity index (χ3n) is 5.86. The zero-order valence-electron chi connectivity index (χ0n) is 17.4. The van der Waals surface area contributed by atoms with Crippen LogP contribution in [0.25, 0.3) is 45.0 Å². The molecule has 0 saturated carbocycles. The fourth-order valence-electron chi connectivity index (χ4n) is 4.10. The fraction of sp³-hybridized carbons (Fsp3) is 0.227. The predicted octanol–water partition coefficient (Wildman–Crippen LogP) is 2.42. The lowest BCUT2D eigenvalue weighted by atomic mass is 10.1. The molecule has 1 fully saturated rings. The van der Waals surface area contributed by atoms with Crippen LogP contribution >= 0.6 is 0 Å². The van der Waals surface area contributed by atoms with Crippen LogP contribution in [-0.4, -0.2) is 78.4 Å². The van der Waals surface area contributed by atoms with Crippen molar-refractivity contribution in [1.29, 1.82) is 0 Å². The van der Waals surface area contributed by atoms with E-state index >= 15 is 0 Å². The molecule has 6 heterocycles. The average Bonchev–Trinajstić information content (AvgIpc) is 3.43. The molecule has 0 bridgehead atoms. The lowest BCUT2D eigenvalue weighted by molar-refractivity contribution is 0.313. The molecule has 3 N–H and O–H groups in total. The summed E-state index contributed by atoms with van der Waals surface area (Å²) in [5, 5.41) is 17.3. The van der Waals surface area contributed by atoms with Gasteiger partial charge in [-0.3, -0.25) is 10.1 Å². The summed E-state index contributed by atoms with van der Waals surface area (Å²) in [6.45, 7) is 3.93. The van der Waals surface area contributed by atoms with Crippen LogP contribution in [0.1, 0.15) is 0 Å². The number of fused-ring (bicyclic) bond motifs is 2. The quantitative estimate of drug-likeness (QED) is 0.401. The molecule has 0 aliphatic carbocycles. The highest BCUT2D eigenvalue weighted by atomic mass is 16.3. The summed E-state index contributed by atoms with van der Waals surface area (Å²) >= 11 is 0. The molecule has 160 valence electrons. The lowest BCUT2D eigenvalue weighted by Gasteiger charge is -2.33. The number of pyridine rings is 3. The van der Waals surface area contributed by atoms with Crippen LogP contribution in [0, 0.1) is 0 Å². The van der Waals surface area contributed by atoms with E-state index in [1.807, 2.05) is 24.4 Å². The maximum atomic E-state index is 9.77. The van der Waals surface area contributed by atoms with E-state index in [0.717, 1.165) is 54.1 Å². The van der Waals surface area contributed by atoms with Gasteiger partial charge in [-0.25, -0.2) is 15.0 Å². The van der Waals surface area contributed by atoms with Crippen LogP contribution in [0.3, 0.4) is 0 Å². The number of nitrogens with zero attached hydrogens (tertiary/aromatic N) is 7. The second-order valence-corrected chi connectivity index (χ2v) is 8.00. The Kier molecular flexibility index (Phi) is 4.25. The highest BCUT2D eigenvalue weighted by Gasteiger charge is 2.21. The van der Waals surface area contributed by atoms with E-state index in [4.69, 9.17) is 9.97 Å². The highest BCUT2D eigenvalue weighted by Crippen LogP contribution is 2.30. The maximum Gasteiger partial charge on any atom is 0.162 e. The first-order valence-electron chi connectivity index (χ1n) is 10.4. The van der Waals surface area contributed by atoms with Crippen molar-refractivity contribution in [3.05, 3.63) is 42.9 Å². The van der Waals surface area contributed by atoms with Gasteiger partial charge >= 0.3 is 0 Å². The summed E-state index contributed by atoms with van der Waals surface area (Å²) in [6.07, 6.45) is 4.87. The monoisotopic (exact) mass is 427 g/mol. The van der Waals surface area contributed by atoms with E-state index in [2.05, 4.69) is 42.0 Å². The van der Waals surface area contributed by atoms with Gasteiger partial charge in [-0.2, -0.15) is 5.10 Å². The highest BCUT2D eigenvalue weighted by molar-refractivity contribution is 5.93. The zero-order valence-corrected chi connectivity index (χ0v) is 17.4. The lowest BCUT2D eigenvalue weighted by Crippen LogP contribution is -2.44. The number of piperazine rings is 1. The third-order valence-corrected chi connectivity index (χ3v) is 5.86. The smallest absolute Gasteiger partial charge is 0.162 e. The Bertz CT molecular complexity index is 1430. The summed E-state index contributed by atoms with van der Waals surface area (Å²) in [5.41, 5.74) is 6.15. The van der Waals surface area contributed by atoms with Gasteiger partial charge in [0.1, 0.15) is 16.8 Å². The number of anilines is 1. The van der Waals surface area contributed by atoms with Crippen LogP contribution in [0.15, 0.2) is 42.9 Å². The predicted molar refractivity (Wildman–Crippen MR) is 121 cm³/mol. The molecule has 1 aliphatic rings. The number of aromatic amines is 2. The van der Waals surface area contributed by atoms with Crippen molar-refractivity contribution in [3.63, 3.8) is 0 Å². The molecule has 0 aromatic carbocycles. The molecule has 10 heteroatoms. The maximum absolute atomic E-state index is 9.77. The Labute approximate surface area is 183 Å². The van der Waals surface area contributed by atoms with Crippen molar-refractivity contribution in [2.75, 3.05) is 38.1 Å². The Balaban J connectivity index is 1.44. The molecule has 5 aromatic rings. The number of imidazole rings is 1. The van der Waals surface area contributed by atoms with Gasteiger partial charge in [-0.05, 0) is 31.3 Å². The van der Waals surface area contributed by atoms with Crippen molar-refractivity contribution >= 4 is 27.9 Å². The van der Waals surface area contributed by atoms with E-state index < -0.39 is 0 Å². The molecule has 6 rings (SSSR count). The number of aromatic hydroxyl groups is 1. The number of hydrogen-bond acceptors (Lipinski definition) is 8. The van der Waals surface area contributed by atoms with Crippen LogP contribution in [0.4, 0.5) is 5.69 Å². The second kappa shape index (κ2) is 7.27. The summed E-state index contributed by atoms with van der Waals surface area (Å²) in [4.78, 5) is 26.2. The SMILES string of the molecule is CN1CCN(c2ccnc3[nH]c(-c4n[nH]c5ccc(-c6cncc(O)c6)nc45)nc23)CC1. The molecular weight excluding hydrogens is 406 g/mol. The van der Waals surface area contributed by atoms with Crippen LogP contribution in [-0.2, 0) is 0 Å². The Hall–Kier alpha value is -4.05. The second-order valence-electron chi connectivity index (χ2n) is 8.00. The average molecular weight is 427 g/mol. The fourth-order valence-corrected chi connectivity index (χ4v) is 4.10. The number of aromatic nitrogens is 7. The van der Waals surface area contributed by atoms with Crippen LogP contribution < -0.4 is 4.90 Å². The van der Waals surface area contributed by atoms with E-state index in [1.165, 1.54) is 6.20 Å². The van der Waals surface area contributed by atoms with E-state index in [9.17, 15) is 5.11 Å². The zero-order chi connectivity index (χ0) is 21.7. The van der Waals surface area contributed by atoms with Gasteiger partial charge in [0.2, 0.25) is 0 Å². The number of hydrogen-bond donors (Lipinski definition) is 3. The van der Waals surface area contributed by atoms with Crippen molar-refractivity contribution in [2.45, 2.75) is 0 Å². The van der Waals surface area contributed by atoms with Crippen LogP contribution in [0.2, 0.25) is 0 Å². The van der Waals surface area contributed by atoms with Gasteiger partial charge in [0.15, 0.2) is 17.2 Å². The number of nitrogens with one attached hydrogen (secondary N) is 2. The Morgan fingerprint density at radius 3 is 2.72 bits per heavy atom. The number of likely N-dealkylation sites (N-methyl/N-ethyl adjacent to an activating group) is 1. The molecule has 1 saturated heterocycles. The molecule has 0 atom stereocenters. The first kappa shape index (κ1) is 18.7. The molecule has 5 aromatic heterocycles. The van der Waals surface area contributed by atoms with E-state index in [1.54, 1.807) is 12.3 Å². The molecule has 0 spiro atoms. The first-order chi connectivity index (χ1) is 15.7. The standard InChI is InChI=1S/C22H21N9O/c1-30-6-8-31(9-7-30)17-4-5-24-21-19(17)26-22(27-21)20-18-16(28-29-20)3-2-15(25-18)13-10-14(32)12-23-11-13/h2-5,10-12,32H,6-9H2,1H3,(H,28,29)(H,24,26,27). The normalized spacial score (nSPS) is 15.1. The van der Waals surface area contributed by atoms with Gasteiger partial charge in [-0.15, -0.1) is 0 Å². The third kappa shape index (κ3) is 3.12. The van der Waals surface area contributed by atoms with E-state index in [-0.39, 0.29) is 5.75 Å². The summed E-state index contributed by atoms with van der Waals surface area (Å²) in [7, 11) is 2.14. The molecule has 0 amide bonds. The number of H-pyrrole nitrogens is 2. The minimum Gasteiger partial charge on any atom is -0.506 e. The van der Waals surface area contributed by atoms with Gasteiger partial charge in [0, 0.05) is 44.1 Å². The molecule has 1 aliphatic heterocycles. The van der Waals surface area contributed by atoms with Gasteiger partial charge in [-0.1, -0.05) is 0 Å². The van der Waals surface area contributed by atoms with Crippen molar-refractivity contribution < 1.29 is 5.11 Å². The molecule has 32 heavy (non-hydrogen) atoms. The topological polar surface area (TPSA) is 123 Å². The Morgan fingerprint density at radius 1 is 1.00 bits per heavy atom.